The Morgan fingerprint density at radius 2 is 1.50 bits per heavy atom. The maximum Gasteiger partial charge on any atom is 0.331 e. The van der Waals surface area contributed by atoms with E-state index in [1.165, 1.54) is 14.0 Å². The third-order valence-electron chi connectivity index (χ3n) is 5.52. The highest BCUT2D eigenvalue weighted by Gasteiger charge is 2.28. The van der Waals surface area contributed by atoms with Crippen molar-refractivity contribution in [1.82, 2.24) is 5.32 Å². The first-order valence-corrected chi connectivity index (χ1v) is 10.9. The topological polar surface area (TPSA) is 117 Å². The molecule has 3 aromatic rings. The van der Waals surface area contributed by atoms with Gasteiger partial charge in [-0.1, -0.05) is 42.0 Å². The molecule has 3 aromatic carbocycles. The second-order valence-corrected chi connectivity index (χ2v) is 8.31. The maximum atomic E-state index is 13.1. The number of hydrogen-bond acceptors (Lipinski definition) is 5. The highest BCUT2D eigenvalue weighted by atomic mass is 16.5. The van der Waals surface area contributed by atoms with Crippen molar-refractivity contribution in [3.8, 4) is 0 Å². The molecule has 0 bridgehead atoms. The van der Waals surface area contributed by atoms with Crippen molar-refractivity contribution in [3.63, 3.8) is 0 Å². The molecule has 4 N–H and O–H groups in total. The summed E-state index contributed by atoms with van der Waals surface area (Å²) < 4.78 is 4.68. The zero-order valence-electron chi connectivity index (χ0n) is 19.9. The zero-order chi connectivity index (χ0) is 25.0. The van der Waals surface area contributed by atoms with E-state index in [-0.39, 0.29) is 11.3 Å². The number of fused-ring (bicyclic) bond motifs is 1. The molecule has 0 spiro atoms. The van der Waals surface area contributed by atoms with E-state index < -0.39 is 30.1 Å². The lowest BCUT2D eigenvalue weighted by Crippen LogP contribution is -2.48. The molecule has 8 heteroatoms. The van der Waals surface area contributed by atoms with Gasteiger partial charge >= 0.3 is 12.0 Å². The molecule has 0 unspecified atom stereocenters. The van der Waals surface area contributed by atoms with Gasteiger partial charge in [0.05, 0.1) is 24.5 Å². The number of amides is 3. The van der Waals surface area contributed by atoms with Crippen LogP contribution in [0.1, 0.15) is 34.0 Å². The first kappa shape index (κ1) is 24.7. The molecule has 178 valence electrons. The van der Waals surface area contributed by atoms with Crippen molar-refractivity contribution in [1.29, 1.82) is 0 Å². The highest BCUT2D eigenvalue weighted by Crippen LogP contribution is 2.26. The average Bonchev–Trinajstić information content (AvgIpc) is 2.78. The summed E-state index contributed by atoms with van der Waals surface area (Å²) >= 11 is 0. The van der Waals surface area contributed by atoms with Crippen molar-refractivity contribution >= 4 is 40.1 Å². The smallest absolute Gasteiger partial charge is 0.331 e. The Labute approximate surface area is 198 Å². The maximum absolute atomic E-state index is 13.1. The van der Waals surface area contributed by atoms with Gasteiger partial charge in [-0.05, 0) is 61.7 Å². The molecule has 0 saturated heterocycles. The van der Waals surface area contributed by atoms with Crippen LogP contribution in [0.25, 0.3) is 10.8 Å². The Morgan fingerprint density at radius 1 is 0.912 bits per heavy atom. The first-order chi connectivity index (χ1) is 16.1. The van der Waals surface area contributed by atoms with Gasteiger partial charge in [-0.3, -0.25) is 4.79 Å². The Balaban J connectivity index is 1.95. The van der Waals surface area contributed by atoms with Crippen LogP contribution < -0.4 is 16.0 Å². The zero-order valence-corrected chi connectivity index (χ0v) is 19.9. The Bertz CT molecular complexity index is 1230. The summed E-state index contributed by atoms with van der Waals surface area (Å²) in [5.41, 5.74) is 4.01. The van der Waals surface area contributed by atoms with E-state index in [1.54, 1.807) is 12.1 Å². The number of rotatable bonds is 6. The lowest BCUT2D eigenvalue weighted by atomic mass is 10.0. The molecule has 0 heterocycles. The molecule has 3 amide bonds. The summed E-state index contributed by atoms with van der Waals surface area (Å²) in [6.45, 7) is 7.18. The van der Waals surface area contributed by atoms with Gasteiger partial charge in [0.25, 0.3) is 5.91 Å². The fourth-order valence-corrected chi connectivity index (χ4v) is 3.90. The number of aryl methyl sites for hydroxylation is 3. The number of anilines is 2. The molecule has 0 aliphatic heterocycles. The molecule has 0 aliphatic carbocycles. The van der Waals surface area contributed by atoms with Crippen molar-refractivity contribution in [2.45, 2.75) is 39.8 Å². The Morgan fingerprint density at radius 3 is 2.06 bits per heavy atom. The first-order valence-electron chi connectivity index (χ1n) is 10.9. The minimum Gasteiger partial charge on any atom is -0.467 e. The number of ether oxygens (including phenoxy) is 1. The summed E-state index contributed by atoms with van der Waals surface area (Å²) in [7, 11) is 1.17. The van der Waals surface area contributed by atoms with Gasteiger partial charge in [-0.25, -0.2) is 9.59 Å². The molecule has 2 atom stereocenters. The summed E-state index contributed by atoms with van der Waals surface area (Å²) in [5, 5.41) is 19.6. The second-order valence-electron chi connectivity index (χ2n) is 8.31. The standard InChI is InChI=1S/C26H29N3O5/c1-14-10-15(2)22(16(3)11-14)29-26(33)27-21-13-19-9-7-6-8-18(19)12-20(21)24(31)28-23(17(4)30)25(32)34-5/h6-13,17,23,30H,1-5H3,(H,28,31)(H2,27,29,33)/t17-,23+/m1/s1. The summed E-state index contributed by atoms with van der Waals surface area (Å²) in [4.78, 5) is 38.0. The lowest BCUT2D eigenvalue weighted by Gasteiger charge is -2.20. The van der Waals surface area contributed by atoms with E-state index in [0.29, 0.717) is 5.69 Å². The number of methoxy groups -OCH3 is 1. The number of carbonyl (C=O) groups excluding carboxylic acids is 3. The van der Waals surface area contributed by atoms with E-state index in [4.69, 9.17) is 0 Å². The number of benzene rings is 3. The van der Waals surface area contributed by atoms with Crippen LogP contribution in [0.15, 0.2) is 48.5 Å². The van der Waals surface area contributed by atoms with Crippen LogP contribution in [0.5, 0.6) is 0 Å². The molecular weight excluding hydrogens is 434 g/mol. The van der Waals surface area contributed by atoms with Crippen LogP contribution in [0, 0.1) is 20.8 Å². The SMILES string of the molecule is COC(=O)[C@@H](NC(=O)c1cc2ccccc2cc1NC(=O)Nc1c(C)cc(C)cc1C)[C@@H](C)O. The van der Waals surface area contributed by atoms with E-state index in [2.05, 4.69) is 20.7 Å². The van der Waals surface area contributed by atoms with Crippen molar-refractivity contribution in [2.75, 3.05) is 17.7 Å². The summed E-state index contributed by atoms with van der Waals surface area (Å²) in [6, 6.07) is 12.9. The number of aliphatic hydroxyl groups is 1. The Kier molecular flexibility index (Phi) is 7.53. The number of aliphatic hydroxyl groups excluding tert-OH is 1. The fourth-order valence-electron chi connectivity index (χ4n) is 3.90. The van der Waals surface area contributed by atoms with Gasteiger partial charge in [-0.2, -0.15) is 0 Å². The highest BCUT2D eigenvalue weighted by molar-refractivity contribution is 6.10. The van der Waals surface area contributed by atoms with Crippen LogP contribution in [0.3, 0.4) is 0 Å². The number of urea groups is 1. The van der Waals surface area contributed by atoms with Crippen LogP contribution >= 0.6 is 0 Å². The van der Waals surface area contributed by atoms with Crippen LogP contribution in [-0.2, 0) is 9.53 Å². The van der Waals surface area contributed by atoms with Crippen molar-refractivity contribution in [2.24, 2.45) is 0 Å². The fraction of sp³-hybridized carbons (Fsp3) is 0.269. The molecule has 8 nitrogen and oxygen atoms in total. The normalized spacial score (nSPS) is 12.5. The molecular formula is C26H29N3O5. The molecule has 0 aliphatic rings. The largest absolute Gasteiger partial charge is 0.467 e. The molecule has 3 rings (SSSR count). The van der Waals surface area contributed by atoms with Crippen molar-refractivity contribution < 1.29 is 24.2 Å². The van der Waals surface area contributed by atoms with Gasteiger partial charge < -0.3 is 25.8 Å². The van der Waals surface area contributed by atoms with E-state index in [0.717, 1.165) is 27.5 Å². The van der Waals surface area contributed by atoms with E-state index >= 15 is 0 Å². The van der Waals surface area contributed by atoms with Crippen molar-refractivity contribution in [3.05, 3.63) is 70.8 Å². The van der Waals surface area contributed by atoms with Gasteiger partial charge in [0, 0.05) is 5.69 Å². The number of carbonyl (C=O) groups is 3. The predicted octanol–water partition coefficient (Wildman–Crippen LogP) is 4.06. The third-order valence-corrected chi connectivity index (χ3v) is 5.52. The minimum atomic E-state index is -1.26. The van der Waals surface area contributed by atoms with Gasteiger partial charge in [0.1, 0.15) is 0 Å². The van der Waals surface area contributed by atoms with Crippen LogP contribution in [0.4, 0.5) is 16.2 Å². The van der Waals surface area contributed by atoms with Gasteiger partial charge in [0.15, 0.2) is 6.04 Å². The van der Waals surface area contributed by atoms with Gasteiger partial charge in [-0.15, -0.1) is 0 Å². The summed E-state index contributed by atoms with van der Waals surface area (Å²) in [5.74, 6) is -1.42. The second kappa shape index (κ2) is 10.4. The molecule has 0 saturated carbocycles. The molecule has 34 heavy (non-hydrogen) atoms. The molecule has 0 aromatic heterocycles. The number of hydrogen-bond donors (Lipinski definition) is 4. The monoisotopic (exact) mass is 463 g/mol. The minimum absolute atomic E-state index is 0.140. The quantitative estimate of drug-likeness (QED) is 0.411. The Hall–Kier alpha value is -3.91. The van der Waals surface area contributed by atoms with E-state index in [9.17, 15) is 19.5 Å². The third kappa shape index (κ3) is 5.52. The van der Waals surface area contributed by atoms with Crippen LogP contribution in [0.2, 0.25) is 0 Å². The predicted molar refractivity (Wildman–Crippen MR) is 132 cm³/mol. The molecule has 0 radical (unpaired) electrons. The number of esters is 1. The molecule has 0 fully saturated rings. The van der Waals surface area contributed by atoms with E-state index in [1.807, 2.05) is 57.2 Å². The van der Waals surface area contributed by atoms with Gasteiger partial charge in [0.2, 0.25) is 0 Å². The average molecular weight is 464 g/mol. The number of nitrogens with one attached hydrogen (secondary N) is 3. The lowest BCUT2D eigenvalue weighted by molar-refractivity contribution is -0.145. The summed E-state index contributed by atoms with van der Waals surface area (Å²) in [6.07, 6.45) is -1.18. The van der Waals surface area contributed by atoms with Crippen LogP contribution in [-0.4, -0.2) is 42.3 Å².